The fraction of sp³-hybridized carbons (Fsp3) is 0.146. The van der Waals surface area contributed by atoms with Crippen LogP contribution in [0.2, 0.25) is 10.0 Å². The van der Waals surface area contributed by atoms with Crippen LogP contribution in [-0.2, 0) is 43.6 Å². The average Bonchev–Trinajstić information content (AvgIpc) is 3.22. The molecule has 0 saturated heterocycles. The van der Waals surface area contributed by atoms with Crippen molar-refractivity contribution in [1.82, 2.24) is 19.9 Å². The zero-order chi connectivity index (χ0) is 48.9. The SMILES string of the molecule is Cc1ccc(S(=O)(=O)Nc2cc(Cl)cnc2C(=O)c2ccnc(CC(=O)CN)c2)cc1C(F)(F)F.Cc1ccc(S(=O)(=O)Nc2cc(Cl)cnc2C(=O)c2ccnc(N)c2)cc1C(F)(F)F. The number of ketones is 3. The van der Waals surface area contributed by atoms with Gasteiger partial charge in [0.15, 0.2) is 5.78 Å². The lowest BCUT2D eigenvalue weighted by Gasteiger charge is -2.15. The summed E-state index contributed by atoms with van der Waals surface area (Å²) in [5, 5.41) is -0.0218. The van der Waals surface area contributed by atoms with Gasteiger partial charge in [-0.25, -0.2) is 31.8 Å². The number of pyridine rings is 4. The number of nitrogens with zero attached hydrogens (tertiary/aromatic N) is 4. The second-order valence-corrected chi connectivity index (χ2v) is 18.1. The molecular weight excluding hydrogens is 966 g/mol. The van der Waals surface area contributed by atoms with E-state index in [1.54, 1.807) is 0 Å². The topological polar surface area (TPSA) is 247 Å². The normalized spacial score (nSPS) is 11.9. The van der Waals surface area contributed by atoms with E-state index in [0.717, 1.165) is 48.8 Å². The van der Waals surface area contributed by atoms with Crippen LogP contribution >= 0.6 is 23.2 Å². The van der Waals surface area contributed by atoms with E-state index in [1.807, 2.05) is 0 Å². The third kappa shape index (κ3) is 12.4. The maximum absolute atomic E-state index is 13.3. The van der Waals surface area contributed by atoms with Gasteiger partial charge in [0.2, 0.25) is 11.6 Å². The number of benzene rings is 2. The molecule has 2 aromatic carbocycles. The molecule has 0 aliphatic heterocycles. The Morgan fingerprint density at radius 3 is 1.45 bits per heavy atom. The molecule has 0 spiro atoms. The molecule has 6 aromatic rings. The number of Topliss-reactive ketones (excluding diaryl/α,β-unsaturated/α-hetero) is 1. The van der Waals surface area contributed by atoms with E-state index in [9.17, 15) is 57.6 Å². The number of nitrogen functional groups attached to an aromatic ring is 1. The Labute approximate surface area is 381 Å². The second-order valence-electron chi connectivity index (χ2n) is 13.8. The Hall–Kier alpha value is -6.53. The number of aromatic nitrogens is 4. The number of anilines is 3. The Bertz CT molecular complexity index is 3110. The first-order chi connectivity index (χ1) is 30.7. The molecule has 0 saturated carbocycles. The van der Waals surface area contributed by atoms with E-state index in [-0.39, 0.29) is 85.3 Å². The molecule has 15 nitrogen and oxygen atoms in total. The average molecular weight is 998 g/mol. The van der Waals surface area contributed by atoms with Crippen LogP contribution in [-0.4, -0.2) is 60.7 Å². The van der Waals surface area contributed by atoms with Gasteiger partial charge in [-0.15, -0.1) is 0 Å². The number of halogens is 8. The summed E-state index contributed by atoms with van der Waals surface area (Å²) in [5.74, 6) is -1.68. The number of hydrogen-bond acceptors (Lipinski definition) is 13. The van der Waals surface area contributed by atoms with Crippen molar-refractivity contribution in [3.63, 3.8) is 0 Å². The van der Waals surface area contributed by atoms with Gasteiger partial charge in [-0.2, -0.15) is 26.3 Å². The fourth-order valence-electron chi connectivity index (χ4n) is 5.80. The number of rotatable bonds is 13. The second kappa shape index (κ2) is 19.9. The van der Waals surface area contributed by atoms with Gasteiger partial charge in [-0.3, -0.25) is 28.8 Å². The highest BCUT2D eigenvalue weighted by molar-refractivity contribution is 7.93. The predicted molar refractivity (Wildman–Crippen MR) is 230 cm³/mol. The van der Waals surface area contributed by atoms with Crippen molar-refractivity contribution in [2.24, 2.45) is 5.73 Å². The van der Waals surface area contributed by atoms with Crippen LogP contribution < -0.4 is 20.9 Å². The Balaban J connectivity index is 0.000000249. The maximum atomic E-state index is 13.3. The number of alkyl halides is 6. The zero-order valence-electron chi connectivity index (χ0n) is 33.8. The van der Waals surface area contributed by atoms with Gasteiger partial charge in [0.05, 0.1) is 55.3 Å². The first-order valence-corrected chi connectivity index (χ1v) is 22.1. The summed E-state index contributed by atoms with van der Waals surface area (Å²) in [6.07, 6.45) is -4.80. The molecule has 0 radical (unpaired) electrons. The van der Waals surface area contributed by atoms with Crippen molar-refractivity contribution in [1.29, 1.82) is 0 Å². The molecule has 4 aromatic heterocycles. The van der Waals surface area contributed by atoms with Gasteiger partial charge in [-0.05, 0) is 85.6 Å². The quantitative estimate of drug-likeness (QED) is 0.0643. The molecule has 346 valence electrons. The molecule has 0 aliphatic rings. The van der Waals surface area contributed by atoms with E-state index in [2.05, 4.69) is 29.4 Å². The molecule has 25 heteroatoms. The van der Waals surface area contributed by atoms with Crippen molar-refractivity contribution in [3.8, 4) is 0 Å². The van der Waals surface area contributed by atoms with Gasteiger partial charge in [0.1, 0.15) is 17.2 Å². The molecule has 0 unspecified atom stereocenters. The van der Waals surface area contributed by atoms with Crippen LogP contribution in [0.4, 0.5) is 43.5 Å². The number of nitrogens with two attached hydrogens (primary N) is 2. The summed E-state index contributed by atoms with van der Waals surface area (Å²) in [4.78, 5) is 51.8. The number of sulfonamides is 2. The minimum atomic E-state index is -4.77. The number of aryl methyl sites for hydroxylation is 2. The Morgan fingerprint density at radius 2 is 1.05 bits per heavy atom. The minimum Gasteiger partial charge on any atom is -0.384 e. The maximum Gasteiger partial charge on any atom is 0.416 e. The van der Waals surface area contributed by atoms with Crippen molar-refractivity contribution in [2.45, 2.75) is 42.4 Å². The fourth-order valence-corrected chi connectivity index (χ4v) is 8.29. The predicted octanol–water partition coefficient (Wildman–Crippen LogP) is 7.63. The number of carbonyl (C=O) groups excluding carboxylic acids is 3. The van der Waals surface area contributed by atoms with E-state index >= 15 is 0 Å². The van der Waals surface area contributed by atoms with Crippen LogP contribution in [0.5, 0.6) is 0 Å². The molecule has 66 heavy (non-hydrogen) atoms. The van der Waals surface area contributed by atoms with Gasteiger partial charge in [-0.1, -0.05) is 35.3 Å². The first-order valence-electron chi connectivity index (χ1n) is 18.4. The molecule has 0 atom stereocenters. The van der Waals surface area contributed by atoms with Crippen LogP contribution in [0.15, 0.2) is 107 Å². The zero-order valence-corrected chi connectivity index (χ0v) is 36.9. The highest BCUT2D eigenvalue weighted by Gasteiger charge is 2.35. The summed E-state index contributed by atoms with van der Waals surface area (Å²) in [6, 6.07) is 12.6. The lowest BCUT2D eigenvalue weighted by atomic mass is 10.1. The molecule has 6 rings (SSSR count). The summed E-state index contributed by atoms with van der Waals surface area (Å²) in [5.41, 5.74) is 7.44. The molecule has 0 aliphatic carbocycles. The third-order valence-electron chi connectivity index (χ3n) is 9.00. The monoisotopic (exact) mass is 996 g/mol. The number of nitrogens with one attached hydrogen (secondary N) is 2. The Morgan fingerprint density at radius 1 is 0.621 bits per heavy atom. The van der Waals surface area contributed by atoms with Gasteiger partial charge in [0.25, 0.3) is 20.0 Å². The van der Waals surface area contributed by atoms with Crippen molar-refractivity contribution < 1.29 is 57.6 Å². The highest BCUT2D eigenvalue weighted by atomic mass is 35.5. The lowest BCUT2D eigenvalue weighted by Crippen LogP contribution is -2.19. The molecule has 4 heterocycles. The van der Waals surface area contributed by atoms with Crippen LogP contribution in [0, 0.1) is 13.8 Å². The van der Waals surface area contributed by atoms with E-state index < -0.39 is 64.9 Å². The molecule has 0 fully saturated rings. The standard InChI is InChI=1S/C22H18ClF3N4O4S.C19H14ClF3N4O3S/c1-12-2-3-17(9-18(12)22(24,25)26)35(33,34)30-19-7-14(23)11-29-20(19)21(32)13-4-5-28-15(6-13)8-16(31)10-27;1-10-2-3-13(8-14(10)19(21,22)23)31(29,30)27-15-7-12(20)9-26-17(15)18(28)11-4-5-25-16(24)6-11/h2-7,9,11,30H,8,10,27H2,1H3;2-9,27H,1H3,(H2,24,25). The Kier molecular flexibility index (Phi) is 15.2. The summed E-state index contributed by atoms with van der Waals surface area (Å²) in [6.45, 7) is 2.21. The smallest absolute Gasteiger partial charge is 0.384 e. The minimum absolute atomic E-state index is 0.00313. The van der Waals surface area contributed by atoms with Crippen LogP contribution in [0.1, 0.15) is 60.1 Å². The highest BCUT2D eigenvalue weighted by Crippen LogP contribution is 2.36. The molecular formula is C41H32Cl2F6N8O7S2. The summed E-state index contributed by atoms with van der Waals surface area (Å²) >= 11 is 11.8. The van der Waals surface area contributed by atoms with Crippen LogP contribution in [0.3, 0.4) is 0 Å². The van der Waals surface area contributed by atoms with E-state index in [0.29, 0.717) is 12.1 Å². The number of hydrogen-bond donors (Lipinski definition) is 4. The lowest BCUT2D eigenvalue weighted by molar-refractivity contribution is -0.139. The molecule has 0 amide bonds. The van der Waals surface area contributed by atoms with E-state index in [4.69, 9.17) is 34.7 Å². The van der Waals surface area contributed by atoms with Crippen LogP contribution in [0.25, 0.3) is 0 Å². The van der Waals surface area contributed by atoms with Crippen molar-refractivity contribution in [3.05, 3.63) is 158 Å². The largest absolute Gasteiger partial charge is 0.416 e. The summed E-state index contributed by atoms with van der Waals surface area (Å²) < 4.78 is 135. The first kappa shape index (κ1) is 50.5. The van der Waals surface area contributed by atoms with Gasteiger partial charge >= 0.3 is 12.4 Å². The van der Waals surface area contributed by atoms with Crippen molar-refractivity contribution >= 4 is 77.8 Å². The van der Waals surface area contributed by atoms with Gasteiger partial charge in [0, 0.05) is 41.6 Å². The number of carbonyl (C=O) groups is 3. The molecule has 0 bridgehead atoms. The molecule has 6 N–H and O–H groups in total. The summed E-state index contributed by atoms with van der Waals surface area (Å²) in [7, 11) is -9.08. The third-order valence-corrected chi connectivity index (χ3v) is 12.1. The van der Waals surface area contributed by atoms with Crippen molar-refractivity contribution in [2.75, 3.05) is 21.7 Å². The van der Waals surface area contributed by atoms with Gasteiger partial charge < -0.3 is 11.5 Å². The van der Waals surface area contributed by atoms with E-state index in [1.165, 1.54) is 50.5 Å².